The van der Waals surface area contributed by atoms with Gasteiger partial charge in [-0.3, -0.25) is 4.79 Å². The first-order chi connectivity index (χ1) is 7.08. The highest BCUT2D eigenvalue weighted by atomic mass is 16.3. The summed E-state index contributed by atoms with van der Waals surface area (Å²) in [6, 6.07) is 0. The summed E-state index contributed by atoms with van der Waals surface area (Å²) in [5.41, 5.74) is 5.61. The van der Waals surface area contributed by atoms with Crippen molar-refractivity contribution in [2.24, 2.45) is 23.5 Å². The lowest BCUT2D eigenvalue weighted by Gasteiger charge is -2.40. The number of nitrogens with two attached hydrogens (primary N) is 1. The van der Waals surface area contributed by atoms with Crippen LogP contribution >= 0.6 is 0 Å². The van der Waals surface area contributed by atoms with E-state index in [1.807, 2.05) is 0 Å². The Kier molecular flexibility index (Phi) is 4.54. The van der Waals surface area contributed by atoms with Crippen molar-refractivity contribution in [3.8, 4) is 0 Å². The number of aliphatic hydroxyl groups excluding tert-OH is 1. The van der Waals surface area contributed by atoms with Crippen LogP contribution in [0.2, 0.25) is 0 Å². The first-order valence-electron chi connectivity index (χ1n) is 5.68. The molecule has 0 aliphatic carbocycles. The van der Waals surface area contributed by atoms with Gasteiger partial charge in [-0.05, 0) is 12.3 Å². The second-order valence-corrected chi connectivity index (χ2v) is 4.85. The minimum absolute atomic E-state index is 0.0374. The van der Waals surface area contributed by atoms with Gasteiger partial charge < -0.3 is 15.7 Å². The van der Waals surface area contributed by atoms with Crippen molar-refractivity contribution < 1.29 is 9.90 Å². The second kappa shape index (κ2) is 5.47. The summed E-state index contributed by atoms with van der Waals surface area (Å²) in [6.45, 7) is 6.21. The molecule has 1 aliphatic rings. The van der Waals surface area contributed by atoms with Gasteiger partial charge in [-0.1, -0.05) is 13.8 Å². The molecule has 4 nitrogen and oxygen atoms in total. The molecule has 1 atom stereocenters. The first-order valence-corrected chi connectivity index (χ1v) is 5.68. The predicted octanol–water partition coefficient (Wildman–Crippen LogP) is 0.0581. The van der Waals surface area contributed by atoms with Gasteiger partial charge >= 0.3 is 0 Å². The van der Waals surface area contributed by atoms with Gasteiger partial charge in [0.1, 0.15) is 0 Å². The molecule has 15 heavy (non-hydrogen) atoms. The van der Waals surface area contributed by atoms with Gasteiger partial charge in [0.25, 0.3) is 0 Å². The third kappa shape index (κ3) is 3.18. The van der Waals surface area contributed by atoms with Gasteiger partial charge in [-0.15, -0.1) is 0 Å². The maximum atomic E-state index is 11.9. The molecule has 1 saturated heterocycles. The van der Waals surface area contributed by atoms with Crippen molar-refractivity contribution in [3.63, 3.8) is 0 Å². The number of aliphatic hydroxyl groups is 1. The van der Waals surface area contributed by atoms with E-state index in [1.165, 1.54) is 0 Å². The maximum Gasteiger partial charge on any atom is 0.226 e. The van der Waals surface area contributed by atoms with E-state index in [0.29, 0.717) is 25.6 Å². The van der Waals surface area contributed by atoms with Crippen molar-refractivity contribution in [2.45, 2.75) is 20.3 Å². The number of carbonyl (C=O) groups is 1. The van der Waals surface area contributed by atoms with Crippen LogP contribution in [-0.2, 0) is 4.79 Å². The third-order valence-electron chi connectivity index (χ3n) is 2.92. The van der Waals surface area contributed by atoms with Crippen molar-refractivity contribution in [3.05, 3.63) is 0 Å². The van der Waals surface area contributed by atoms with Crippen molar-refractivity contribution in [1.29, 1.82) is 0 Å². The average molecular weight is 214 g/mol. The first kappa shape index (κ1) is 12.5. The van der Waals surface area contributed by atoms with Gasteiger partial charge in [-0.25, -0.2) is 0 Å². The highest BCUT2D eigenvalue weighted by Gasteiger charge is 2.33. The molecule has 0 bridgehead atoms. The Bertz CT molecular complexity index is 213. The lowest BCUT2D eigenvalue weighted by molar-refractivity contribution is -0.143. The van der Waals surface area contributed by atoms with Gasteiger partial charge in [0, 0.05) is 32.2 Å². The summed E-state index contributed by atoms with van der Waals surface area (Å²) < 4.78 is 0. The van der Waals surface area contributed by atoms with Crippen LogP contribution in [-0.4, -0.2) is 42.2 Å². The van der Waals surface area contributed by atoms with E-state index >= 15 is 0 Å². The topological polar surface area (TPSA) is 66.6 Å². The van der Waals surface area contributed by atoms with Crippen LogP contribution in [0, 0.1) is 17.8 Å². The van der Waals surface area contributed by atoms with Crippen molar-refractivity contribution >= 4 is 5.91 Å². The Morgan fingerprint density at radius 1 is 1.53 bits per heavy atom. The Labute approximate surface area is 91.4 Å². The quantitative estimate of drug-likeness (QED) is 0.680. The Morgan fingerprint density at radius 3 is 2.53 bits per heavy atom. The average Bonchev–Trinajstić information content (AvgIpc) is 2.11. The highest BCUT2D eigenvalue weighted by molar-refractivity contribution is 5.79. The molecule has 3 N–H and O–H groups in total. The fourth-order valence-electron chi connectivity index (χ4n) is 1.99. The van der Waals surface area contributed by atoms with Gasteiger partial charge in [0.2, 0.25) is 5.91 Å². The van der Waals surface area contributed by atoms with E-state index in [-0.39, 0.29) is 24.3 Å². The van der Waals surface area contributed by atoms with Crippen LogP contribution in [0.15, 0.2) is 0 Å². The summed E-state index contributed by atoms with van der Waals surface area (Å²) in [6.07, 6.45) is 0.857. The van der Waals surface area contributed by atoms with Crippen LogP contribution in [0.3, 0.4) is 0 Å². The molecular weight excluding hydrogens is 192 g/mol. The molecule has 1 fully saturated rings. The smallest absolute Gasteiger partial charge is 0.226 e. The number of likely N-dealkylation sites (tertiary alicyclic amines) is 1. The lowest BCUT2D eigenvalue weighted by Crippen LogP contribution is -2.54. The minimum atomic E-state index is -0.0374. The number of rotatable bonds is 5. The summed E-state index contributed by atoms with van der Waals surface area (Å²) in [5, 5.41) is 8.86. The fraction of sp³-hybridized carbons (Fsp3) is 0.909. The third-order valence-corrected chi connectivity index (χ3v) is 2.92. The lowest BCUT2D eigenvalue weighted by atomic mass is 9.92. The number of amides is 1. The number of hydrogen-bond acceptors (Lipinski definition) is 3. The fourth-order valence-corrected chi connectivity index (χ4v) is 1.99. The van der Waals surface area contributed by atoms with E-state index in [9.17, 15) is 4.79 Å². The van der Waals surface area contributed by atoms with Crippen LogP contribution in [0.5, 0.6) is 0 Å². The molecule has 0 spiro atoms. The van der Waals surface area contributed by atoms with E-state index in [1.54, 1.807) is 4.90 Å². The monoisotopic (exact) mass is 214 g/mol. The molecule has 1 unspecified atom stereocenters. The molecule has 0 aromatic heterocycles. The van der Waals surface area contributed by atoms with Crippen molar-refractivity contribution in [1.82, 2.24) is 4.90 Å². The standard InChI is InChI=1S/C11H22N2O2/c1-8(2)3-10(4-12)11(15)13-5-9(6-13)7-14/h8-10,14H,3-7,12H2,1-2H3. The summed E-state index contributed by atoms with van der Waals surface area (Å²) in [5.74, 6) is 0.907. The molecule has 0 saturated carbocycles. The molecule has 1 heterocycles. The van der Waals surface area contributed by atoms with E-state index in [2.05, 4.69) is 13.8 Å². The van der Waals surface area contributed by atoms with E-state index in [4.69, 9.17) is 10.8 Å². The minimum Gasteiger partial charge on any atom is -0.396 e. The Hall–Kier alpha value is -0.610. The predicted molar refractivity (Wildman–Crippen MR) is 59.2 cm³/mol. The zero-order valence-electron chi connectivity index (χ0n) is 9.65. The van der Waals surface area contributed by atoms with Crippen LogP contribution in [0.1, 0.15) is 20.3 Å². The SMILES string of the molecule is CC(C)CC(CN)C(=O)N1CC(CO)C1. The van der Waals surface area contributed by atoms with Gasteiger partial charge in [0.05, 0.1) is 5.92 Å². The van der Waals surface area contributed by atoms with Crippen LogP contribution in [0.4, 0.5) is 0 Å². The maximum absolute atomic E-state index is 11.9. The number of carbonyl (C=O) groups excluding carboxylic acids is 1. The molecule has 1 aliphatic heterocycles. The number of nitrogens with zero attached hydrogens (tertiary/aromatic N) is 1. The second-order valence-electron chi connectivity index (χ2n) is 4.85. The van der Waals surface area contributed by atoms with Crippen molar-refractivity contribution in [2.75, 3.05) is 26.2 Å². The van der Waals surface area contributed by atoms with Crippen LogP contribution in [0.25, 0.3) is 0 Å². The van der Waals surface area contributed by atoms with Gasteiger partial charge in [-0.2, -0.15) is 0 Å². The highest BCUT2D eigenvalue weighted by Crippen LogP contribution is 2.20. The molecule has 0 aromatic carbocycles. The van der Waals surface area contributed by atoms with E-state index in [0.717, 1.165) is 6.42 Å². The molecule has 4 heteroatoms. The summed E-state index contributed by atoms with van der Waals surface area (Å²) in [7, 11) is 0. The zero-order chi connectivity index (χ0) is 11.4. The van der Waals surface area contributed by atoms with E-state index < -0.39 is 0 Å². The normalized spacial score (nSPS) is 19.1. The summed E-state index contributed by atoms with van der Waals surface area (Å²) in [4.78, 5) is 13.7. The Morgan fingerprint density at radius 2 is 2.13 bits per heavy atom. The molecule has 1 amide bonds. The van der Waals surface area contributed by atoms with Crippen LogP contribution < -0.4 is 5.73 Å². The molecule has 0 radical (unpaired) electrons. The largest absolute Gasteiger partial charge is 0.396 e. The molecule has 1 rings (SSSR count). The van der Waals surface area contributed by atoms with Gasteiger partial charge in [0.15, 0.2) is 0 Å². The molecular formula is C11H22N2O2. The molecule has 88 valence electrons. The molecule has 0 aromatic rings. The Balaban J connectivity index is 2.38. The number of hydrogen-bond donors (Lipinski definition) is 2. The zero-order valence-corrected chi connectivity index (χ0v) is 9.65. The summed E-state index contributed by atoms with van der Waals surface area (Å²) >= 11 is 0.